The summed E-state index contributed by atoms with van der Waals surface area (Å²) in [6, 6.07) is 17.4. The van der Waals surface area contributed by atoms with E-state index < -0.39 is 5.97 Å². The number of methoxy groups -OCH3 is 1. The Morgan fingerprint density at radius 3 is 2.37 bits per heavy atom. The molecular weight excluding hydrogens is 544 g/mol. The Kier molecular flexibility index (Phi) is 9.73. The van der Waals surface area contributed by atoms with Crippen LogP contribution in [-0.4, -0.2) is 87.0 Å². The summed E-state index contributed by atoms with van der Waals surface area (Å²) in [6.07, 6.45) is 6.08. The van der Waals surface area contributed by atoms with Gasteiger partial charge >= 0.3 is 0 Å². The fourth-order valence-electron chi connectivity index (χ4n) is 6.08. The van der Waals surface area contributed by atoms with Gasteiger partial charge in [0, 0.05) is 51.3 Å². The number of carboxylic acid groups (broad SMARTS) is 1. The number of nitrogens with one attached hydrogen (secondary N) is 1. The van der Waals surface area contributed by atoms with Crippen LogP contribution in [0.25, 0.3) is 22.3 Å². The summed E-state index contributed by atoms with van der Waals surface area (Å²) in [6.45, 7) is 6.46. The van der Waals surface area contributed by atoms with E-state index >= 15 is 0 Å². The summed E-state index contributed by atoms with van der Waals surface area (Å²) < 4.78 is 7.88. The standard InChI is InChI=1S/C30H38N8O.C2H4O2/c1-36-14-16-37(17-15-36)23-9-11-24(12-10-23)38-30-27(29(31)33-20-34-30)28(35-38)22-8-13-25(26(18-22)39-2)32-19-21-6-4-3-5-7-21;1-2(3)4/h3-8,13,18,20,23-24,32H,9-12,14-17,19H2,1-2H3,(H2,31,33,34);1H3,(H,3,4). The lowest BCUT2D eigenvalue weighted by molar-refractivity contribution is -0.134. The largest absolute Gasteiger partial charge is 0.495 e. The second-order valence-corrected chi connectivity index (χ2v) is 11.3. The molecule has 2 fully saturated rings. The average Bonchev–Trinajstić information content (AvgIpc) is 3.42. The third kappa shape index (κ3) is 7.23. The minimum absolute atomic E-state index is 0.299. The third-order valence-electron chi connectivity index (χ3n) is 8.39. The number of rotatable bonds is 7. The SMILES string of the molecule is CC(=O)O.COc1cc(-c2nn(C3CCC(N4CCN(C)CC4)CC3)c3ncnc(N)c23)ccc1NCc1ccccc1. The van der Waals surface area contributed by atoms with Crippen LogP contribution in [0.5, 0.6) is 5.75 Å². The van der Waals surface area contributed by atoms with Crippen molar-refractivity contribution in [2.75, 3.05) is 51.4 Å². The molecule has 0 bridgehead atoms. The number of carbonyl (C=O) groups is 1. The van der Waals surface area contributed by atoms with Gasteiger partial charge in [-0.05, 0) is 50.4 Å². The molecule has 0 amide bonds. The monoisotopic (exact) mass is 586 g/mol. The van der Waals surface area contributed by atoms with Gasteiger partial charge in [0.05, 0.1) is 24.2 Å². The molecule has 1 saturated heterocycles. The molecule has 43 heavy (non-hydrogen) atoms. The average molecular weight is 587 g/mol. The maximum atomic E-state index is 9.00. The zero-order valence-electron chi connectivity index (χ0n) is 25.2. The maximum Gasteiger partial charge on any atom is 0.300 e. The van der Waals surface area contributed by atoms with E-state index in [1.165, 1.54) is 31.5 Å². The molecule has 1 aliphatic heterocycles. The van der Waals surface area contributed by atoms with E-state index in [1.54, 1.807) is 13.4 Å². The fourth-order valence-corrected chi connectivity index (χ4v) is 6.08. The Bertz CT molecular complexity index is 1510. The van der Waals surface area contributed by atoms with E-state index in [4.69, 9.17) is 25.5 Å². The van der Waals surface area contributed by atoms with Crippen LogP contribution < -0.4 is 15.8 Å². The lowest BCUT2D eigenvalue weighted by Crippen LogP contribution is -2.49. The van der Waals surface area contributed by atoms with Gasteiger partial charge in [0.15, 0.2) is 5.65 Å². The van der Waals surface area contributed by atoms with Gasteiger partial charge in [-0.2, -0.15) is 5.10 Å². The number of benzene rings is 2. The van der Waals surface area contributed by atoms with Crippen LogP contribution >= 0.6 is 0 Å². The van der Waals surface area contributed by atoms with Crippen molar-refractivity contribution in [3.05, 3.63) is 60.4 Å². The number of aromatic nitrogens is 4. The molecule has 11 heteroatoms. The predicted molar refractivity (Wildman–Crippen MR) is 169 cm³/mol. The summed E-state index contributed by atoms with van der Waals surface area (Å²) >= 11 is 0. The van der Waals surface area contributed by atoms with Gasteiger partial charge < -0.3 is 25.8 Å². The van der Waals surface area contributed by atoms with Gasteiger partial charge in [-0.15, -0.1) is 0 Å². The molecule has 0 unspecified atom stereocenters. The van der Waals surface area contributed by atoms with Gasteiger partial charge in [0.25, 0.3) is 5.97 Å². The number of likely N-dealkylation sites (N-methyl/N-ethyl adjacent to an activating group) is 1. The minimum atomic E-state index is -0.833. The second-order valence-electron chi connectivity index (χ2n) is 11.3. The number of hydrogen-bond donors (Lipinski definition) is 3. The van der Waals surface area contributed by atoms with Crippen LogP contribution in [0.15, 0.2) is 54.9 Å². The quantitative estimate of drug-likeness (QED) is 0.284. The molecule has 228 valence electrons. The third-order valence-corrected chi connectivity index (χ3v) is 8.39. The smallest absolute Gasteiger partial charge is 0.300 e. The van der Waals surface area contributed by atoms with Crippen molar-refractivity contribution < 1.29 is 14.6 Å². The highest BCUT2D eigenvalue weighted by Gasteiger charge is 2.30. The first kappa shape index (κ1) is 30.2. The van der Waals surface area contributed by atoms with Gasteiger partial charge in [0.2, 0.25) is 0 Å². The number of aliphatic carboxylic acids is 1. The molecule has 0 spiro atoms. The second kappa shape index (κ2) is 13.8. The minimum Gasteiger partial charge on any atom is -0.495 e. The summed E-state index contributed by atoms with van der Waals surface area (Å²) in [5, 5.41) is 16.8. The number of nitrogens with two attached hydrogens (primary N) is 1. The predicted octanol–water partition coefficient (Wildman–Crippen LogP) is 4.52. The highest BCUT2D eigenvalue weighted by molar-refractivity contribution is 5.98. The van der Waals surface area contributed by atoms with Crippen LogP contribution in [0.2, 0.25) is 0 Å². The van der Waals surface area contributed by atoms with E-state index in [2.05, 4.69) is 55.0 Å². The van der Waals surface area contributed by atoms with Crippen LogP contribution in [0.1, 0.15) is 44.2 Å². The Morgan fingerprint density at radius 2 is 1.70 bits per heavy atom. The van der Waals surface area contributed by atoms with Crippen molar-refractivity contribution in [2.24, 2.45) is 0 Å². The Balaban J connectivity index is 0.000000868. The topological polar surface area (TPSA) is 135 Å². The first-order valence-corrected chi connectivity index (χ1v) is 14.9. The van der Waals surface area contributed by atoms with E-state index in [1.807, 2.05) is 30.3 Å². The number of fused-ring (bicyclic) bond motifs is 1. The molecule has 0 atom stereocenters. The lowest BCUT2D eigenvalue weighted by atomic mass is 9.90. The van der Waals surface area contributed by atoms with E-state index in [-0.39, 0.29) is 0 Å². The van der Waals surface area contributed by atoms with Crippen molar-refractivity contribution in [2.45, 2.75) is 51.2 Å². The molecule has 2 aromatic carbocycles. The van der Waals surface area contributed by atoms with Crippen LogP contribution in [0.3, 0.4) is 0 Å². The molecule has 4 aromatic rings. The Hall–Kier alpha value is -4.22. The lowest BCUT2D eigenvalue weighted by Gasteiger charge is -2.41. The van der Waals surface area contributed by atoms with Crippen molar-refractivity contribution in [3.8, 4) is 17.0 Å². The molecule has 1 saturated carbocycles. The molecule has 11 nitrogen and oxygen atoms in total. The zero-order valence-corrected chi connectivity index (χ0v) is 25.2. The first-order chi connectivity index (χ1) is 20.8. The Labute approximate surface area is 252 Å². The van der Waals surface area contributed by atoms with Gasteiger partial charge in [-0.1, -0.05) is 36.4 Å². The van der Waals surface area contributed by atoms with Gasteiger partial charge in [0.1, 0.15) is 23.6 Å². The van der Waals surface area contributed by atoms with Crippen molar-refractivity contribution in [3.63, 3.8) is 0 Å². The number of nitrogen functional groups attached to an aromatic ring is 1. The summed E-state index contributed by atoms with van der Waals surface area (Å²) in [7, 11) is 3.91. The van der Waals surface area contributed by atoms with E-state index in [0.29, 0.717) is 24.4 Å². The van der Waals surface area contributed by atoms with Crippen LogP contribution in [-0.2, 0) is 11.3 Å². The zero-order chi connectivity index (χ0) is 30.3. The number of hydrogen-bond acceptors (Lipinski definition) is 9. The first-order valence-electron chi connectivity index (χ1n) is 14.9. The van der Waals surface area contributed by atoms with E-state index in [0.717, 1.165) is 66.6 Å². The summed E-state index contributed by atoms with van der Waals surface area (Å²) in [5.41, 5.74) is 11.1. The molecular formula is C32H42N8O3. The number of carboxylic acids is 1. The molecule has 0 radical (unpaired) electrons. The van der Waals surface area contributed by atoms with Gasteiger partial charge in [-0.3, -0.25) is 9.69 Å². The van der Waals surface area contributed by atoms with Crippen molar-refractivity contribution in [1.82, 2.24) is 29.5 Å². The molecule has 4 N–H and O–H groups in total. The number of anilines is 2. The molecule has 3 heterocycles. The highest BCUT2D eigenvalue weighted by Crippen LogP contribution is 2.39. The van der Waals surface area contributed by atoms with Crippen LogP contribution in [0.4, 0.5) is 11.5 Å². The fraction of sp³-hybridized carbons (Fsp3) is 0.438. The number of nitrogens with zero attached hydrogens (tertiary/aromatic N) is 6. The maximum absolute atomic E-state index is 9.00. The molecule has 1 aliphatic carbocycles. The Morgan fingerprint density at radius 1 is 1.02 bits per heavy atom. The highest BCUT2D eigenvalue weighted by atomic mass is 16.5. The number of piperazine rings is 1. The number of ether oxygens (including phenoxy) is 1. The van der Waals surface area contributed by atoms with E-state index in [9.17, 15) is 0 Å². The van der Waals surface area contributed by atoms with Crippen molar-refractivity contribution >= 4 is 28.5 Å². The summed E-state index contributed by atoms with van der Waals surface area (Å²) in [5.74, 6) is 0.381. The summed E-state index contributed by atoms with van der Waals surface area (Å²) in [4.78, 5) is 23.1. The van der Waals surface area contributed by atoms with Crippen molar-refractivity contribution in [1.29, 1.82) is 0 Å². The molecule has 6 rings (SSSR count). The van der Waals surface area contributed by atoms with Crippen LogP contribution in [0, 0.1) is 0 Å². The molecule has 2 aromatic heterocycles. The normalized spacial score (nSPS) is 19.4. The molecule has 2 aliphatic rings. The van der Waals surface area contributed by atoms with Gasteiger partial charge in [-0.25, -0.2) is 14.6 Å².